The monoisotopic (exact) mass is 374 g/mol. The van der Waals surface area contributed by atoms with E-state index >= 15 is 0 Å². The first-order chi connectivity index (χ1) is 13.4. The molecule has 0 saturated carbocycles. The van der Waals surface area contributed by atoms with E-state index in [1.54, 1.807) is 12.4 Å². The lowest BCUT2D eigenvalue weighted by Gasteiger charge is -2.18. The lowest BCUT2D eigenvalue weighted by molar-refractivity contribution is 0.243. The normalized spacial score (nSPS) is 17.1. The van der Waals surface area contributed by atoms with Crippen LogP contribution in [-0.4, -0.2) is 12.4 Å². The second-order valence-electron chi connectivity index (χ2n) is 5.95. The summed E-state index contributed by atoms with van der Waals surface area (Å²) in [6.45, 7) is 0.875. The predicted octanol–water partition coefficient (Wildman–Crippen LogP) is 5.48. The van der Waals surface area contributed by atoms with Gasteiger partial charge in [-0.2, -0.15) is 0 Å². The zero-order chi connectivity index (χ0) is 18.3. The number of hydrogen-bond donors (Lipinski definition) is 0. The van der Waals surface area contributed by atoms with E-state index in [0.717, 1.165) is 27.8 Å². The van der Waals surface area contributed by atoms with Crippen LogP contribution in [0.4, 0.5) is 11.4 Å². The van der Waals surface area contributed by atoms with Crippen molar-refractivity contribution < 1.29 is 9.05 Å². The Morgan fingerprint density at radius 3 is 1.63 bits per heavy atom. The van der Waals surface area contributed by atoms with Crippen molar-refractivity contribution in [2.24, 2.45) is 9.98 Å². The molecule has 3 aromatic rings. The zero-order valence-corrected chi connectivity index (χ0v) is 15.6. The minimum Gasteiger partial charge on any atom is -0.326 e. The third-order valence-electron chi connectivity index (χ3n) is 4.12. The summed E-state index contributed by atoms with van der Waals surface area (Å²) in [5.41, 5.74) is 3.79. The van der Waals surface area contributed by atoms with Gasteiger partial charge in [-0.3, -0.25) is 9.98 Å². The van der Waals surface area contributed by atoms with E-state index in [-0.39, 0.29) is 0 Å². The van der Waals surface area contributed by atoms with Gasteiger partial charge in [0.2, 0.25) is 8.38 Å². The number of aliphatic imine (C=N–C) groups is 2. The smallest absolute Gasteiger partial charge is 0.205 e. The van der Waals surface area contributed by atoms with E-state index in [0.29, 0.717) is 13.2 Å². The molecule has 4 nitrogen and oxygen atoms in total. The molecule has 0 spiro atoms. The highest BCUT2D eigenvalue weighted by Crippen LogP contribution is 2.41. The molecule has 1 heterocycles. The zero-order valence-electron chi connectivity index (χ0n) is 14.7. The van der Waals surface area contributed by atoms with Gasteiger partial charge >= 0.3 is 0 Å². The highest BCUT2D eigenvalue weighted by molar-refractivity contribution is 7.55. The number of hydrogen-bond acceptors (Lipinski definition) is 4. The van der Waals surface area contributed by atoms with Gasteiger partial charge in [0, 0.05) is 28.9 Å². The highest BCUT2D eigenvalue weighted by Gasteiger charge is 2.16. The third-order valence-corrected chi connectivity index (χ3v) is 5.57. The van der Waals surface area contributed by atoms with Gasteiger partial charge in [0.25, 0.3) is 0 Å². The van der Waals surface area contributed by atoms with E-state index in [9.17, 15) is 0 Å². The van der Waals surface area contributed by atoms with Crippen LogP contribution in [0.25, 0.3) is 0 Å². The van der Waals surface area contributed by atoms with Gasteiger partial charge in [-0.1, -0.05) is 54.6 Å². The molecule has 0 radical (unpaired) electrons. The lowest BCUT2D eigenvalue weighted by Crippen LogP contribution is -2.06. The third kappa shape index (κ3) is 4.55. The van der Waals surface area contributed by atoms with Gasteiger partial charge < -0.3 is 9.05 Å². The SMILES string of the molecule is C1=Nc2ccccc2COP(c2ccccc2)OCc2ccccc2N=C1. The topological polar surface area (TPSA) is 43.2 Å². The number of rotatable bonds is 1. The van der Waals surface area contributed by atoms with Crippen LogP contribution in [0.5, 0.6) is 0 Å². The maximum Gasteiger partial charge on any atom is 0.205 e. The van der Waals surface area contributed by atoms with Crippen molar-refractivity contribution in [2.75, 3.05) is 0 Å². The average Bonchev–Trinajstić information content (AvgIpc) is 2.74. The summed E-state index contributed by atoms with van der Waals surface area (Å²) < 4.78 is 12.4. The molecule has 27 heavy (non-hydrogen) atoms. The van der Waals surface area contributed by atoms with Crippen LogP contribution in [0.15, 0.2) is 88.8 Å². The first kappa shape index (κ1) is 17.7. The van der Waals surface area contributed by atoms with Crippen LogP contribution >= 0.6 is 8.38 Å². The molecular weight excluding hydrogens is 355 g/mol. The number of fused-ring (bicyclic) bond motifs is 2. The van der Waals surface area contributed by atoms with E-state index in [1.807, 2.05) is 78.9 Å². The molecule has 0 aromatic heterocycles. The molecule has 4 rings (SSSR count). The summed E-state index contributed by atoms with van der Waals surface area (Å²) in [7, 11) is -1.22. The molecule has 5 heteroatoms. The van der Waals surface area contributed by atoms with E-state index in [4.69, 9.17) is 9.05 Å². The molecule has 0 N–H and O–H groups in total. The van der Waals surface area contributed by atoms with E-state index < -0.39 is 8.38 Å². The molecule has 1 aliphatic heterocycles. The van der Waals surface area contributed by atoms with Crippen LogP contribution < -0.4 is 5.30 Å². The Balaban J connectivity index is 1.71. The number of para-hydroxylation sites is 2. The summed E-state index contributed by atoms with van der Waals surface area (Å²) in [5, 5.41) is 1.05. The molecule has 0 aliphatic carbocycles. The van der Waals surface area contributed by atoms with Crippen molar-refractivity contribution in [1.82, 2.24) is 0 Å². The van der Waals surface area contributed by atoms with Crippen molar-refractivity contribution in [3.63, 3.8) is 0 Å². The number of nitrogens with zero attached hydrogens (tertiary/aromatic N) is 2. The Morgan fingerprint density at radius 1 is 0.593 bits per heavy atom. The van der Waals surface area contributed by atoms with Crippen molar-refractivity contribution in [2.45, 2.75) is 13.2 Å². The van der Waals surface area contributed by atoms with Crippen molar-refractivity contribution in [1.29, 1.82) is 0 Å². The molecule has 0 fully saturated rings. The van der Waals surface area contributed by atoms with Gasteiger partial charge in [-0.15, -0.1) is 0 Å². The average molecular weight is 374 g/mol. The molecule has 3 aromatic carbocycles. The van der Waals surface area contributed by atoms with Gasteiger partial charge in [0.15, 0.2) is 0 Å². The first-order valence-corrected chi connectivity index (χ1v) is 9.91. The second kappa shape index (κ2) is 8.83. The number of benzene rings is 3. The molecule has 0 unspecified atom stereocenters. The molecule has 134 valence electrons. The second-order valence-corrected chi connectivity index (χ2v) is 7.50. The molecule has 0 saturated heterocycles. The van der Waals surface area contributed by atoms with Crippen molar-refractivity contribution >= 4 is 37.5 Å². The minimum atomic E-state index is -1.22. The van der Waals surface area contributed by atoms with Crippen LogP contribution in [-0.2, 0) is 22.3 Å². The Hall–Kier alpha value is -2.65. The Kier molecular flexibility index (Phi) is 5.80. The van der Waals surface area contributed by atoms with Crippen LogP contribution in [0, 0.1) is 0 Å². The lowest BCUT2D eigenvalue weighted by atomic mass is 10.2. The van der Waals surface area contributed by atoms with E-state index in [1.165, 1.54) is 0 Å². The highest BCUT2D eigenvalue weighted by atomic mass is 31.2. The van der Waals surface area contributed by atoms with Gasteiger partial charge in [0.1, 0.15) is 0 Å². The molecule has 0 atom stereocenters. The summed E-state index contributed by atoms with van der Waals surface area (Å²) in [4.78, 5) is 9.07. The van der Waals surface area contributed by atoms with Crippen LogP contribution in [0.2, 0.25) is 0 Å². The van der Waals surface area contributed by atoms with E-state index in [2.05, 4.69) is 9.98 Å². The molecule has 0 amide bonds. The Bertz CT molecular complexity index is 898. The predicted molar refractivity (Wildman–Crippen MR) is 112 cm³/mol. The quantitative estimate of drug-likeness (QED) is 0.530. The van der Waals surface area contributed by atoms with Crippen LogP contribution in [0.1, 0.15) is 11.1 Å². The fourth-order valence-corrected chi connectivity index (χ4v) is 4.04. The van der Waals surface area contributed by atoms with Crippen molar-refractivity contribution in [3.05, 3.63) is 90.0 Å². The van der Waals surface area contributed by atoms with Gasteiger partial charge in [-0.25, -0.2) is 0 Å². The minimum absolute atomic E-state index is 0.437. The van der Waals surface area contributed by atoms with Crippen molar-refractivity contribution in [3.8, 4) is 0 Å². The Morgan fingerprint density at radius 2 is 1.07 bits per heavy atom. The molecule has 1 aliphatic rings. The standard InChI is InChI=1S/C22H19N2O2P/c1-2-10-20(11-3-1)27-25-16-18-8-4-6-12-21(18)23-14-15-24-22-13-7-5-9-19(22)17-26-27/h1-15H,16-17H2. The summed E-state index contributed by atoms with van der Waals surface area (Å²) in [5.74, 6) is 0. The largest absolute Gasteiger partial charge is 0.326 e. The first-order valence-electron chi connectivity index (χ1n) is 8.74. The maximum atomic E-state index is 6.21. The molecular formula is C22H19N2O2P. The molecule has 0 bridgehead atoms. The summed E-state index contributed by atoms with van der Waals surface area (Å²) in [6.07, 6.45) is 3.43. The van der Waals surface area contributed by atoms with Gasteiger partial charge in [-0.05, 0) is 24.3 Å². The fraction of sp³-hybridized carbons (Fsp3) is 0.0909. The summed E-state index contributed by atoms with van der Waals surface area (Å²) >= 11 is 0. The van der Waals surface area contributed by atoms with Crippen LogP contribution in [0.3, 0.4) is 0 Å². The fourth-order valence-electron chi connectivity index (χ4n) is 2.74. The maximum absolute atomic E-state index is 6.21. The Labute approximate surface area is 160 Å². The summed E-state index contributed by atoms with van der Waals surface area (Å²) in [6, 6.07) is 26.0. The van der Waals surface area contributed by atoms with Gasteiger partial charge in [0.05, 0.1) is 24.6 Å².